The van der Waals surface area contributed by atoms with Crippen LogP contribution in [0.2, 0.25) is 0 Å². The number of carbonyl (C=O) groups is 1. The minimum Gasteiger partial charge on any atom is -0.458 e. The molecule has 1 N–H and O–H groups in total. The van der Waals surface area contributed by atoms with Gasteiger partial charge in [-0.15, -0.1) is 0 Å². The van der Waals surface area contributed by atoms with E-state index in [4.69, 9.17) is 4.74 Å². The molecule has 7 heteroatoms. The van der Waals surface area contributed by atoms with E-state index in [1.54, 1.807) is 4.90 Å². The number of nitrogens with zero attached hydrogens (tertiary/aromatic N) is 4. The number of aliphatic imine (C=N–C) groups is 1. The van der Waals surface area contributed by atoms with E-state index in [1.807, 2.05) is 6.07 Å². The molecule has 1 aromatic carbocycles. The quantitative estimate of drug-likeness (QED) is 0.865. The van der Waals surface area contributed by atoms with Crippen molar-refractivity contribution in [2.45, 2.75) is 25.2 Å². The summed E-state index contributed by atoms with van der Waals surface area (Å²) in [5, 5.41) is 10.0. The number of amides is 1. The zero-order valence-electron chi connectivity index (χ0n) is 14.5. The van der Waals surface area contributed by atoms with Crippen LogP contribution in [0.5, 0.6) is 0 Å². The van der Waals surface area contributed by atoms with Crippen LogP contribution in [0.4, 0.5) is 5.69 Å². The average Bonchev–Trinajstić information content (AvgIpc) is 2.98. The fraction of sp³-hybridized carbons (Fsp3) is 0.556. The van der Waals surface area contributed by atoms with Gasteiger partial charge in [-0.1, -0.05) is 18.2 Å². The first-order chi connectivity index (χ1) is 12.0. The Morgan fingerprint density at radius 1 is 1.24 bits per heavy atom. The number of piperazine rings is 1. The molecule has 2 fully saturated rings. The number of anilines is 1. The van der Waals surface area contributed by atoms with Gasteiger partial charge in [-0.05, 0) is 19.1 Å². The maximum absolute atomic E-state index is 12.1. The molecule has 134 valence electrons. The van der Waals surface area contributed by atoms with E-state index in [0.717, 1.165) is 32.7 Å². The molecule has 2 saturated heterocycles. The van der Waals surface area contributed by atoms with Gasteiger partial charge >= 0.3 is 0 Å². The Hall–Kier alpha value is -2.12. The van der Waals surface area contributed by atoms with E-state index in [9.17, 15) is 9.90 Å². The first-order valence-corrected chi connectivity index (χ1v) is 8.82. The molecule has 1 aromatic rings. The van der Waals surface area contributed by atoms with Crippen molar-refractivity contribution in [3.63, 3.8) is 0 Å². The number of amidine groups is 1. The smallest absolute Gasteiger partial charge is 0.297 e. The Labute approximate surface area is 147 Å². The predicted octanol–water partition coefficient (Wildman–Crippen LogP) is 0.504. The lowest BCUT2D eigenvalue weighted by Crippen LogP contribution is -2.49. The van der Waals surface area contributed by atoms with Crippen LogP contribution in [0.15, 0.2) is 35.3 Å². The summed E-state index contributed by atoms with van der Waals surface area (Å²) in [5.74, 6) is -0.119. The molecule has 0 radical (unpaired) electrons. The molecule has 0 aromatic heterocycles. The van der Waals surface area contributed by atoms with Gasteiger partial charge in [-0.25, -0.2) is 4.99 Å². The van der Waals surface area contributed by atoms with Crippen molar-refractivity contribution >= 4 is 17.6 Å². The molecule has 3 aliphatic heterocycles. The molecule has 2 atom stereocenters. The Morgan fingerprint density at radius 3 is 2.68 bits per heavy atom. The van der Waals surface area contributed by atoms with Crippen molar-refractivity contribution in [3.8, 4) is 0 Å². The van der Waals surface area contributed by atoms with Crippen molar-refractivity contribution < 1.29 is 14.6 Å². The number of para-hydroxylation sites is 1. The molecular weight excluding hydrogens is 320 g/mol. The standard InChI is InChI=1S/C18H24N4O3/c1-18(24)11-16(23)22-13-15(25-17(22)19-18)12-20-7-9-21(10-8-20)14-5-3-2-4-6-14/h2-6,15,24H,7-13H2,1H3. The Kier molecular flexibility index (Phi) is 4.13. The molecule has 2 unspecified atom stereocenters. The molecule has 25 heavy (non-hydrogen) atoms. The van der Waals surface area contributed by atoms with Gasteiger partial charge in [-0.2, -0.15) is 0 Å². The van der Waals surface area contributed by atoms with Crippen LogP contribution in [0.1, 0.15) is 13.3 Å². The molecule has 4 rings (SSSR count). The van der Waals surface area contributed by atoms with E-state index in [1.165, 1.54) is 12.6 Å². The van der Waals surface area contributed by atoms with Crippen LogP contribution in [0.3, 0.4) is 0 Å². The molecule has 1 amide bonds. The summed E-state index contributed by atoms with van der Waals surface area (Å²) in [4.78, 5) is 22.6. The van der Waals surface area contributed by atoms with Crippen molar-refractivity contribution in [1.82, 2.24) is 9.80 Å². The molecule has 0 spiro atoms. The van der Waals surface area contributed by atoms with Crippen LogP contribution in [-0.4, -0.2) is 77.9 Å². The molecule has 0 saturated carbocycles. The largest absolute Gasteiger partial charge is 0.458 e. The van der Waals surface area contributed by atoms with Gasteiger partial charge in [0, 0.05) is 38.4 Å². The number of carbonyl (C=O) groups excluding carboxylic acids is 1. The SMILES string of the molecule is CC1(O)CC(=O)N2CC(CN3CCN(c4ccccc4)CC3)OC2=N1. The number of ether oxygens (including phenoxy) is 1. The Bertz CT molecular complexity index is 668. The van der Waals surface area contributed by atoms with E-state index in [0.29, 0.717) is 6.54 Å². The minimum absolute atomic E-state index is 0.0162. The fourth-order valence-corrected chi connectivity index (χ4v) is 3.66. The van der Waals surface area contributed by atoms with E-state index in [2.05, 4.69) is 39.1 Å². The third-order valence-corrected chi connectivity index (χ3v) is 4.97. The maximum atomic E-state index is 12.1. The number of benzene rings is 1. The van der Waals surface area contributed by atoms with E-state index in [-0.39, 0.29) is 24.5 Å². The highest BCUT2D eigenvalue weighted by Gasteiger charge is 2.42. The number of rotatable bonds is 3. The van der Waals surface area contributed by atoms with Crippen molar-refractivity contribution in [2.75, 3.05) is 44.2 Å². The molecule has 3 heterocycles. The second kappa shape index (κ2) is 6.31. The van der Waals surface area contributed by atoms with Gasteiger partial charge in [-0.3, -0.25) is 14.6 Å². The summed E-state index contributed by atoms with van der Waals surface area (Å²) in [5.41, 5.74) is -0.0855. The fourth-order valence-electron chi connectivity index (χ4n) is 3.66. The van der Waals surface area contributed by atoms with E-state index >= 15 is 0 Å². The number of hydrogen-bond donors (Lipinski definition) is 1. The van der Waals surface area contributed by atoms with Crippen molar-refractivity contribution in [2.24, 2.45) is 4.99 Å². The lowest BCUT2D eigenvalue weighted by Gasteiger charge is -2.36. The van der Waals surface area contributed by atoms with Crippen molar-refractivity contribution in [1.29, 1.82) is 0 Å². The van der Waals surface area contributed by atoms with Gasteiger partial charge in [0.05, 0.1) is 13.0 Å². The third kappa shape index (κ3) is 3.48. The number of aliphatic hydroxyl groups is 1. The number of hydrogen-bond acceptors (Lipinski definition) is 6. The average molecular weight is 344 g/mol. The Balaban J connectivity index is 1.32. The molecule has 7 nitrogen and oxygen atoms in total. The summed E-state index contributed by atoms with van der Waals surface area (Å²) in [7, 11) is 0. The third-order valence-electron chi connectivity index (χ3n) is 4.97. The summed E-state index contributed by atoms with van der Waals surface area (Å²) < 4.78 is 5.83. The van der Waals surface area contributed by atoms with Crippen molar-refractivity contribution in [3.05, 3.63) is 30.3 Å². The monoisotopic (exact) mass is 344 g/mol. The van der Waals surface area contributed by atoms with Gasteiger partial charge < -0.3 is 14.7 Å². The molecule has 0 aliphatic carbocycles. The zero-order valence-corrected chi connectivity index (χ0v) is 14.5. The number of fused-ring (bicyclic) bond motifs is 1. The summed E-state index contributed by atoms with van der Waals surface area (Å²) in [6.45, 7) is 6.72. The molecular formula is C18H24N4O3. The first kappa shape index (κ1) is 16.4. The van der Waals surface area contributed by atoms with Gasteiger partial charge in [0.15, 0.2) is 5.72 Å². The van der Waals surface area contributed by atoms with Gasteiger partial charge in [0.2, 0.25) is 5.91 Å². The topological polar surface area (TPSA) is 68.6 Å². The van der Waals surface area contributed by atoms with Gasteiger partial charge in [0.25, 0.3) is 6.02 Å². The van der Waals surface area contributed by atoms with E-state index < -0.39 is 5.72 Å². The summed E-state index contributed by atoms with van der Waals surface area (Å²) in [6.07, 6.45) is -0.0672. The van der Waals surface area contributed by atoms with Crippen LogP contribution in [0, 0.1) is 0 Å². The Morgan fingerprint density at radius 2 is 1.96 bits per heavy atom. The highest BCUT2D eigenvalue weighted by atomic mass is 16.5. The van der Waals surface area contributed by atoms with Crippen LogP contribution in [0.25, 0.3) is 0 Å². The second-order valence-corrected chi connectivity index (χ2v) is 7.16. The maximum Gasteiger partial charge on any atom is 0.297 e. The lowest BCUT2D eigenvalue weighted by molar-refractivity contribution is -0.133. The minimum atomic E-state index is -1.35. The zero-order chi connectivity index (χ0) is 17.4. The van der Waals surface area contributed by atoms with Crippen LogP contribution in [-0.2, 0) is 9.53 Å². The highest BCUT2D eigenvalue weighted by molar-refractivity contribution is 5.98. The van der Waals surface area contributed by atoms with Gasteiger partial charge in [0.1, 0.15) is 6.10 Å². The summed E-state index contributed by atoms with van der Waals surface area (Å²) >= 11 is 0. The van der Waals surface area contributed by atoms with Crippen LogP contribution >= 0.6 is 0 Å². The normalized spacial score (nSPS) is 30.1. The molecule has 3 aliphatic rings. The first-order valence-electron chi connectivity index (χ1n) is 8.82. The van der Waals surface area contributed by atoms with Crippen LogP contribution < -0.4 is 4.90 Å². The highest BCUT2D eigenvalue weighted by Crippen LogP contribution is 2.25. The second-order valence-electron chi connectivity index (χ2n) is 7.16. The predicted molar refractivity (Wildman–Crippen MR) is 94.4 cm³/mol. The molecule has 0 bridgehead atoms. The summed E-state index contributed by atoms with van der Waals surface area (Å²) in [6, 6.07) is 10.7. The lowest BCUT2D eigenvalue weighted by atomic mass is 10.1.